The highest BCUT2D eigenvalue weighted by Crippen LogP contribution is 2.22. The molecule has 3 aromatic carbocycles. The number of aryl methyl sites for hydroxylation is 1. The van der Waals surface area contributed by atoms with Crippen LogP contribution in [0.2, 0.25) is 0 Å². The second kappa shape index (κ2) is 10.7. The van der Waals surface area contributed by atoms with Gasteiger partial charge in [0.25, 0.3) is 5.91 Å². The summed E-state index contributed by atoms with van der Waals surface area (Å²) in [5, 5.41) is 9.24. The molecule has 2 amide bonds. The maximum Gasteiger partial charge on any atom is 0.254 e. The van der Waals surface area contributed by atoms with Gasteiger partial charge in [0.15, 0.2) is 0 Å². The average molecular weight is 454 g/mol. The number of ether oxygens (including phenoxy) is 1. The lowest BCUT2D eigenvalue weighted by atomic mass is 10.00. The minimum absolute atomic E-state index is 0.0324. The van der Waals surface area contributed by atoms with Gasteiger partial charge < -0.3 is 14.5 Å². The van der Waals surface area contributed by atoms with Crippen LogP contribution in [0, 0.1) is 11.3 Å². The van der Waals surface area contributed by atoms with E-state index < -0.39 is 0 Å². The van der Waals surface area contributed by atoms with Crippen LogP contribution in [-0.4, -0.2) is 47.9 Å². The van der Waals surface area contributed by atoms with Crippen molar-refractivity contribution in [2.24, 2.45) is 0 Å². The number of benzene rings is 3. The fourth-order valence-electron chi connectivity index (χ4n) is 4.32. The standard InChI is InChI=1S/C28H27N3O3/c1-34-26-14-11-24(12-15-26)28(33)30-19-25(13-10-21-6-3-2-4-7-21)31(27(32)20-30)18-23-9-5-8-22(16-23)17-29/h2-9,11-12,14-16,25H,10,13,18-20H2,1H3/t25-/m0/s1. The second-order valence-electron chi connectivity index (χ2n) is 8.43. The summed E-state index contributed by atoms with van der Waals surface area (Å²) in [5.74, 6) is 0.429. The van der Waals surface area contributed by atoms with Crippen molar-refractivity contribution in [1.82, 2.24) is 9.80 Å². The average Bonchev–Trinajstić information content (AvgIpc) is 2.89. The molecule has 34 heavy (non-hydrogen) atoms. The second-order valence-corrected chi connectivity index (χ2v) is 8.43. The van der Waals surface area contributed by atoms with Crippen molar-refractivity contribution in [2.75, 3.05) is 20.2 Å². The van der Waals surface area contributed by atoms with Crippen molar-refractivity contribution in [3.63, 3.8) is 0 Å². The Kier molecular flexibility index (Phi) is 7.24. The molecule has 0 aliphatic carbocycles. The van der Waals surface area contributed by atoms with Crippen LogP contribution < -0.4 is 4.74 Å². The van der Waals surface area contributed by atoms with Gasteiger partial charge in [0.2, 0.25) is 5.91 Å². The van der Waals surface area contributed by atoms with Crippen LogP contribution in [-0.2, 0) is 17.8 Å². The topological polar surface area (TPSA) is 73.6 Å². The largest absolute Gasteiger partial charge is 0.497 e. The molecule has 1 saturated heterocycles. The number of rotatable bonds is 7. The lowest BCUT2D eigenvalue weighted by molar-refractivity contribution is -0.139. The normalized spacial score (nSPS) is 15.6. The van der Waals surface area contributed by atoms with Gasteiger partial charge in [0.1, 0.15) is 12.3 Å². The summed E-state index contributed by atoms with van der Waals surface area (Å²) >= 11 is 0. The Morgan fingerprint density at radius 2 is 1.76 bits per heavy atom. The first-order chi connectivity index (χ1) is 16.6. The zero-order chi connectivity index (χ0) is 23.9. The van der Waals surface area contributed by atoms with Crippen molar-refractivity contribution in [1.29, 1.82) is 5.26 Å². The molecule has 0 bridgehead atoms. The number of nitrogens with zero attached hydrogens (tertiary/aromatic N) is 3. The van der Waals surface area contributed by atoms with Gasteiger partial charge in [-0.15, -0.1) is 0 Å². The maximum atomic E-state index is 13.3. The molecule has 0 N–H and O–H groups in total. The molecule has 0 saturated carbocycles. The van der Waals surface area contributed by atoms with Gasteiger partial charge in [-0.2, -0.15) is 5.26 Å². The number of methoxy groups -OCH3 is 1. The summed E-state index contributed by atoms with van der Waals surface area (Å²) in [7, 11) is 1.58. The zero-order valence-electron chi connectivity index (χ0n) is 19.2. The lowest BCUT2D eigenvalue weighted by Crippen LogP contribution is -2.57. The van der Waals surface area contributed by atoms with E-state index in [1.807, 2.05) is 41.3 Å². The van der Waals surface area contributed by atoms with Gasteiger partial charge >= 0.3 is 0 Å². The molecule has 1 fully saturated rings. The Bertz CT molecular complexity index is 1190. The van der Waals surface area contributed by atoms with Gasteiger partial charge in [-0.25, -0.2) is 0 Å². The summed E-state index contributed by atoms with van der Waals surface area (Å²) in [4.78, 5) is 30.0. The van der Waals surface area contributed by atoms with E-state index in [1.165, 1.54) is 5.56 Å². The summed E-state index contributed by atoms with van der Waals surface area (Å²) in [6, 6.07) is 26.5. The van der Waals surface area contributed by atoms with Crippen molar-refractivity contribution >= 4 is 11.8 Å². The number of hydrogen-bond donors (Lipinski definition) is 0. The predicted molar refractivity (Wildman–Crippen MR) is 129 cm³/mol. The predicted octanol–water partition coefficient (Wildman–Crippen LogP) is 4.05. The minimum Gasteiger partial charge on any atom is -0.497 e. The molecule has 6 nitrogen and oxygen atoms in total. The first kappa shape index (κ1) is 23.1. The van der Waals surface area contributed by atoms with Crippen molar-refractivity contribution in [3.05, 3.63) is 101 Å². The smallest absolute Gasteiger partial charge is 0.254 e. The molecule has 4 rings (SSSR count). The Morgan fingerprint density at radius 1 is 1.03 bits per heavy atom. The summed E-state index contributed by atoms with van der Waals surface area (Å²) < 4.78 is 5.18. The third-order valence-corrected chi connectivity index (χ3v) is 6.16. The molecule has 3 aromatic rings. The van der Waals surface area contributed by atoms with Crippen LogP contribution in [0.5, 0.6) is 5.75 Å². The van der Waals surface area contributed by atoms with Crippen molar-refractivity contribution in [2.45, 2.75) is 25.4 Å². The summed E-state index contributed by atoms with van der Waals surface area (Å²) in [5.41, 5.74) is 3.21. The number of piperazine rings is 1. The molecule has 1 aliphatic heterocycles. The quantitative estimate of drug-likeness (QED) is 0.541. The highest BCUT2D eigenvalue weighted by Gasteiger charge is 2.34. The van der Waals surface area contributed by atoms with E-state index in [0.717, 1.165) is 18.4 Å². The zero-order valence-corrected chi connectivity index (χ0v) is 19.2. The van der Waals surface area contributed by atoms with E-state index in [1.54, 1.807) is 42.3 Å². The molecule has 1 heterocycles. The van der Waals surface area contributed by atoms with E-state index in [-0.39, 0.29) is 24.4 Å². The van der Waals surface area contributed by atoms with Gasteiger partial charge in [-0.05, 0) is 60.4 Å². The van der Waals surface area contributed by atoms with E-state index >= 15 is 0 Å². The summed E-state index contributed by atoms with van der Waals surface area (Å²) in [6.07, 6.45) is 1.54. The Labute approximate surface area is 200 Å². The number of carbonyl (C=O) groups is 2. The van der Waals surface area contributed by atoms with Crippen LogP contribution in [0.3, 0.4) is 0 Å². The van der Waals surface area contributed by atoms with Crippen LogP contribution in [0.1, 0.15) is 33.5 Å². The van der Waals surface area contributed by atoms with Gasteiger partial charge in [0.05, 0.1) is 24.8 Å². The minimum atomic E-state index is -0.160. The fraction of sp³-hybridized carbons (Fsp3) is 0.250. The molecule has 1 atom stereocenters. The van der Waals surface area contributed by atoms with Crippen molar-refractivity contribution in [3.8, 4) is 11.8 Å². The molecule has 0 spiro atoms. The Balaban J connectivity index is 1.54. The van der Waals surface area contributed by atoms with Crippen molar-refractivity contribution < 1.29 is 14.3 Å². The Hall–Kier alpha value is -4.11. The monoisotopic (exact) mass is 453 g/mol. The van der Waals surface area contributed by atoms with Gasteiger partial charge in [0, 0.05) is 18.7 Å². The number of nitriles is 1. The van der Waals surface area contributed by atoms with Crippen LogP contribution in [0.25, 0.3) is 0 Å². The molecular formula is C28H27N3O3. The van der Waals surface area contributed by atoms with Gasteiger partial charge in [-0.1, -0.05) is 42.5 Å². The molecule has 0 aromatic heterocycles. The number of hydrogen-bond acceptors (Lipinski definition) is 4. The molecule has 0 unspecified atom stereocenters. The third kappa shape index (κ3) is 5.44. The van der Waals surface area contributed by atoms with Crippen LogP contribution in [0.15, 0.2) is 78.9 Å². The third-order valence-electron chi connectivity index (χ3n) is 6.16. The Morgan fingerprint density at radius 3 is 2.47 bits per heavy atom. The van der Waals surface area contributed by atoms with E-state index in [9.17, 15) is 14.9 Å². The SMILES string of the molecule is COc1ccc(C(=O)N2CC(=O)N(Cc3cccc(C#N)c3)[C@@H](CCc3ccccc3)C2)cc1. The number of carbonyl (C=O) groups excluding carboxylic acids is 2. The van der Waals surface area contributed by atoms with Crippen LogP contribution in [0.4, 0.5) is 0 Å². The molecule has 6 heteroatoms. The lowest BCUT2D eigenvalue weighted by Gasteiger charge is -2.41. The highest BCUT2D eigenvalue weighted by atomic mass is 16.5. The number of amides is 2. The van der Waals surface area contributed by atoms with E-state index in [4.69, 9.17) is 4.74 Å². The maximum absolute atomic E-state index is 13.3. The summed E-state index contributed by atoms with van der Waals surface area (Å²) in [6.45, 7) is 0.907. The first-order valence-electron chi connectivity index (χ1n) is 11.3. The molecule has 172 valence electrons. The van der Waals surface area contributed by atoms with E-state index in [2.05, 4.69) is 18.2 Å². The molecular weight excluding hydrogens is 426 g/mol. The highest BCUT2D eigenvalue weighted by molar-refractivity contribution is 5.97. The molecule has 1 aliphatic rings. The first-order valence-corrected chi connectivity index (χ1v) is 11.3. The van der Waals surface area contributed by atoms with Crippen LogP contribution >= 0.6 is 0 Å². The van der Waals surface area contributed by atoms with Gasteiger partial charge in [-0.3, -0.25) is 9.59 Å². The van der Waals surface area contributed by atoms with E-state index in [0.29, 0.717) is 30.0 Å². The molecule has 0 radical (unpaired) electrons. The fourth-order valence-corrected chi connectivity index (χ4v) is 4.32.